The second-order valence-electron chi connectivity index (χ2n) is 6.60. The van der Waals surface area contributed by atoms with Crippen LogP contribution in [-0.2, 0) is 16.1 Å². The second-order valence-corrected chi connectivity index (χ2v) is 6.60. The molecule has 0 aromatic heterocycles. The topological polar surface area (TPSA) is 61.4 Å². The fraction of sp³-hybridized carbons (Fsp3) is 0.556. The molecule has 0 saturated carbocycles. The van der Waals surface area contributed by atoms with E-state index in [1.807, 2.05) is 31.2 Å². The van der Waals surface area contributed by atoms with E-state index in [4.69, 9.17) is 0 Å². The molecule has 2 aliphatic heterocycles. The minimum Gasteiger partial charge on any atom is -0.353 e. The van der Waals surface area contributed by atoms with Crippen molar-refractivity contribution in [1.82, 2.24) is 15.5 Å². The Bertz CT molecular complexity index is 564. The first-order valence-corrected chi connectivity index (χ1v) is 8.49. The van der Waals surface area contributed by atoms with Gasteiger partial charge in [-0.05, 0) is 38.3 Å². The van der Waals surface area contributed by atoms with Gasteiger partial charge in [-0.15, -0.1) is 0 Å². The van der Waals surface area contributed by atoms with Gasteiger partial charge < -0.3 is 15.5 Å². The van der Waals surface area contributed by atoms with Gasteiger partial charge in [0.2, 0.25) is 11.8 Å². The standard InChI is InChI=1S/C18H25N3O2/c1-13-4-6-14(7-5-13)12-21-16(8-9-17(21)22)18(23)20-11-15-3-2-10-19-15/h4-7,15-16,19H,2-3,8-12H2,1H3,(H,20,23). The summed E-state index contributed by atoms with van der Waals surface area (Å²) in [5.74, 6) is 0.0568. The first kappa shape index (κ1) is 16.0. The van der Waals surface area contributed by atoms with Gasteiger partial charge in [0.25, 0.3) is 0 Å². The molecule has 1 aromatic carbocycles. The number of rotatable bonds is 5. The van der Waals surface area contributed by atoms with Crippen molar-refractivity contribution in [3.63, 3.8) is 0 Å². The third-order valence-corrected chi connectivity index (χ3v) is 4.79. The molecule has 2 amide bonds. The van der Waals surface area contributed by atoms with Crippen LogP contribution in [0.1, 0.15) is 36.8 Å². The lowest BCUT2D eigenvalue weighted by atomic mass is 10.1. The number of nitrogens with zero attached hydrogens (tertiary/aromatic N) is 1. The molecule has 5 heteroatoms. The van der Waals surface area contributed by atoms with Crippen molar-refractivity contribution in [2.24, 2.45) is 0 Å². The van der Waals surface area contributed by atoms with Crippen molar-refractivity contribution in [2.75, 3.05) is 13.1 Å². The highest BCUT2D eigenvalue weighted by Gasteiger charge is 2.36. The molecule has 5 nitrogen and oxygen atoms in total. The van der Waals surface area contributed by atoms with Crippen LogP contribution in [-0.4, -0.2) is 41.9 Å². The summed E-state index contributed by atoms with van der Waals surface area (Å²) in [6, 6.07) is 8.18. The van der Waals surface area contributed by atoms with Crippen LogP contribution in [0.4, 0.5) is 0 Å². The summed E-state index contributed by atoms with van der Waals surface area (Å²) in [5.41, 5.74) is 2.26. The normalized spacial score (nSPS) is 24.2. The van der Waals surface area contributed by atoms with Gasteiger partial charge in [-0.3, -0.25) is 9.59 Å². The fourth-order valence-electron chi connectivity index (χ4n) is 3.37. The van der Waals surface area contributed by atoms with Crippen LogP contribution in [0, 0.1) is 6.92 Å². The van der Waals surface area contributed by atoms with Crippen LogP contribution in [0.15, 0.2) is 24.3 Å². The van der Waals surface area contributed by atoms with Gasteiger partial charge in [0.05, 0.1) is 0 Å². The van der Waals surface area contributed by atoms with E-state index in [1.54, 1.807) is 4.90 Å². The third kappa shape index (κ3) is 3.91. The van der Waals surface area contributed by atoms with E-state index in [2.05, 4.69) is 10.6 Å². The van der Waals surface area contributed by atoms with Gasteiger partial charge in [-0.25, -0.2) is 0 Å². The zero-order chi connectivity index (χ0) is 16.2. The molecule has 124 valence electrons. The maximum atomic E-state index is 12.5. The third-order valence-electron chi connectivity index (χ3n) is 4.79. The van der Waals surface area contributed by atoms with Crippen molar-refractivity contribution in [3.8, 4) is 0 Å². The van der Waals surface area contributed by atoms with Crippen molar-refractivity contribution in [1.29, 1.82) is 0 Å². The predicted octanol–water partition coefficient (Wildman–Crippen LogP) is 1.35. The molecule has 0 spiro atoms. The molecule has 0 aliphatic carbocycles. The number of likely N-dealkylation sites (tertiary alicyclic amines) is 1. The Hall–Kier alpha value is -1.88. The Morgan fingerprint density at radius 3 is 2.78 bits per heavy atom. The van der Waals surface area contributed by atoms with Gasteiger partial charge >= 0.3 is 0 Å². The van der Waals surface area contributed by atoms with Gasteiger partial charge in [0, 0.05) is 25.6 Å². The molecule has 0 bridgehead atoms. The average Bonchev–Trinajstić information content (AvgIpc) is 3.18. The molecular weight excluding hydrogens is 290 g/mol. The number of nitrogens with one attached hydrogen (secondary N) is 2. The maximum absolute atomic E-state index is 12.5. The van der Waals surface area contributed by atoms with Gasteiger partial charge in [-0.1, -0.05) is 29.8 Å². The quantitative estimate of drug-likeness (QED) is 0.862. The number of benzene rings is 1. The average molecular weight is 315 g/mol. The van der Waals surface area contributed by atoms with Crippen molar-refractivity contribution in [3.05, 3.63) is 35.4 Å². The molecule has 23 heavy (non-hydrogen) atoms. The molecule has 2 aliphatic rings. The fourth-order valence-corrected chi connectivity index (χ4v) is 3.37. The first-order valence-electron chi connectivity index (χ1n) is 8.49. The lowest BCUT2D eigenvalue weighted by Gasteiger charge is -2.25. The van der Waals surface area contributed by atoms with E-state index in [0.717, 1.165) is 18.5 Å². The minimum absolute atomic E-state index is 0.0170. The van der Waals surface area contributed by atoms with Crippen molar-refractivity contribution >= 4 is 11.8 Å². The first-order chi connectivity index (χ1) is 11.1. The van der Waals surface area contributed by atoms with E-state index >= 15 is 0 Å². The summed E-state index contributed by atoms with van der Waals surface area (Å²) in [4.78, 5) is 26.3. The van der Waals surface area contributed by atoms with Crippen molar-refractivity contribution < 1.29 is 9.59 Å². The zero-order valence-electron chi connectivity index (χ0n) is 13.7. The monoisotopic (exact) mass is 315 g/mol. The van der Waals surface area contributed by atoms with E-state index < -0.39 is 0 Å². The molecule has 2 heterocycles. The number of aryl methyl sites for hydroxylation is 1. The van der Waals surface area contributed by atoms with Gasteiger partial charge in [-0.2, -0.15) is 0 Å². The predicted molar refractivity (Wildman–Crippen MR) is 88.8 cm³/mol. The van der Waals surface area contributed by atoms with Gasteiger partial charge in [0.15, 0.2) is 0 Å². The highest BCUT2D eigenvalue weighted by molar-refractivity contribution is 5.90. The molecule has 1 aromatic rings. The summed E-state index contributed by atoms with van der Waals surface area (Å²) in [6.07, 6.45) is 3.36. The number of carbonyl (C=O) groups excluding carboxylic acids is 2. The van der Waals surface area contributed by atoms with E-state index in [0.29, 0.717) is 32.0 Å². The molecule has 2 unspecified atom stereocenters. The van der Waals surface area contributed by atoms with Crippen LogP contribution in [0.25, 0.3) is 0 Å². The second kappa shape index (κ2) is 7.13. The van der Waals surface area contributed by atoms with Crippen LogP contribution >= 0.6 is 0 Å². The van der Waals surface area contributed by atoms with E-state index in [-0.39, 0.29) is 17.9 Å². The molecular formula is C18H25N3O2. The lowest BCUT2D eigenvalue weighted by Crippen LogP contribution is -2.47. The molecule has 2 saturated heterocycles. The Balaban J connectivity index is 1.59. The largest absolute Gasteiger partial charge is 0.353 e. The summed E-state index contributed by atoms with van der Waals surface area (Å²) in [7, 11) is 0. The van der Waals surface area contributed by atoms with Crippen molar-refractivity contribution in [2.45, 2.75) is 51.2 Å². The zero-order valence-corrected chi connectivity index (χ0v) is 13.7. The Kier molecular flexibility index (Phi) is 4.96. The molecule has 3 rings (SSSR count). The summed E-state index contributed by atoms with van der Waals surface area (Å²) >= 11 is 0. The maximum Gasteiger partial charge on any atom is 0.242 e. The van der Waals surface area contributed by atoms with Gasteiger partial charge in [0.1, 0.15) is 6.04 Å². The number of hydrogen-bond acceptors (Lipinski definition) is 3. The highest BCUT2D eigenvalue weighted by Crippen LogP contribution is 2.22. The minimum atomic E-state index is -0.329. The smallest absolute Gasteiger partial charge is 0.242 e. The van der Waals surface area contributed by atoms with E-state index in [9.17, 15) is 9.59 Å². The lowest BCUT2D eigenvalue weighted by molar-refractivity contribution is -0.135. The number of amides is 2. The summed E-state index contributed by atoms with van der Waals surface area (Å²) < 4.78 is 0. The van der Waals surface area contributed by atoms with Crippen LogP contribution in [0.5, 0.6) is 0 Å². The van der Waals surface area contributed by atoms with Crippen LogP contribution in [0.3, 0.4) is 0 Å². The number of carbonyl (C=O) groups is 2. The van der Waals surface area contributed by atoms with E-state index in [1.165, 1.54) is 12.0 Å². The molecule has 2 fully saturated rings. The summed E-state index contributed by atoms with van der Waals surface area (Å²) in [6.45, 7) is 4.24. The SMILES string of the molecule is Cc1ccc(CN2C(=O)CCC2C(=O)NCC2CCCN2)cc1. The highest BCUT2D eigenvalue weighted by atomic mass is 16.2. The number of hydrogen-bond donors (Lipinski definition) is 2. The Morgan fingerprint density at radius 2 is 2.09 bits per heavy atom. The van der Waals surface area contributed by atoms with Crippen LogP contribution in [0.2, 0.25) is 0 Å². The summed E-state index contributed by atoms with van der Waals surface area (Å²) in [5, 5.41) is 6.39. The molecule has 2 N–H and O–H groups in total. The van der Waals surface area contributed by atoms with Crippen LogP contribution < -0.4 is 10.6 Å². The molecule has 0 radical (unpaired) electrons. The molecule has 2 atom stereocenters. The Morgan fingerprint density at radius 1 is 1.30 bits per heavy atom. The Labute approximate surface area is 137 Å².